The van der Waals surface area contributed by atoms with Gasteiger partial charge in [-0.1, -0.05) is 55.3 Å². The summed E-state index contributed by atoms with van der Waals surface area (Å²) in [6, 6.07) is 16.6. The normalized spacial score (nSPS) is 16.7. The zero-order valence-corrected chi connectivity index (χ0v) is 29.9. The van der Waals surface area contributed by atoms with Crippen LogP contribution >= 0.6 is 0 Å². The first kappa shape index (κ1) is 36.3. The molecule has 0 aliphatic heterocycles. The molecule has 14 heteroatoms. The van der Waals surface area contributed by atoms with Crippen molar-refractivity contribution in [3.63, 3.8) is 0 Å². The largest absolute Gasteiger partial charge is 0.444 e. The van der Waals surface area contributed by atoms with Crippen molar-refractivity contribution >= 4 is 55.9 Å². The Morgan fingerprint density at radius 1 is 0.920 bits per heavy atom. The van der Waals surface area contributed by atoms with Crippen LogP contribution in [0.5, 0.6) is 0 Å². The third-order valence-corrected chi connectivity index (χ3v) is 8.79. The van der Waals surface area contributed by atoms with E-state index in [4.69, 9.17) is 4.74 Å². The molecule has 50 heavy (non-hydrogen) atoms. The van der Waals surface area contributed by atoms with Crippen LogP contribution in [0.25, 0.3) is 10.9 Å². The minimum atomic E-state index is -3.55. The Morgan fingerprint density at radius 2 is 1.62 bits per heavy atom. The minimum Gasteiger partial charge on any atom is -0.444 e. The Labute approximate surface area is 292 Å². The molecule has 2 heterocycles. The number of amides is 2. The van der Waals surface area contributed by atoms with Gasteiger partial charge in [-0.25, -0.2) is 22.6 Å². The summed E-state index contributed by atoms with van der Waals surface area (Å²) >= 11 is 0. The fourth-order valence-corrected chi connectivity index (χ4v) is 6.46. The second-order valence-corrected chi connectivity index (χ2v) is 15.8. The molecule has 0 unspecified atom stereocenters. The number of aromatic nitrogens is 2. The van der Waals surface area contributed by atoms with E-state index in [1.807, 2.05) is 44.2 Å². The molecule has 1 fully saturated rings. The molecule has 2 amide bonds. The van der Waals surface area contributed by atoms with Gasteiger partial charge in [-0.15, -0.1) is 0 Å². The molecular formula is C36H44FN7O5S. The van der Waals surface area contributed by atoms with Gasteiger partial charge in [0.1, 0.15) is 11.4 Å². The fraction of sp³-hybridized carbons (Fsp3) is 0.389. The predicted octanol–water partition coefficient (Wildman–Crippen LogP) is 6.80. The second kappa shape index (κ2) is 14.5. The maximum Gasteiger partial charge on any atom is 0.407 e. The number of para-hydroxylation sites is 1. The summed E-state index contributed by atoms with van der Waals surface area (Å²) in [6.07, 6.45) is 5.04. The number of hydrogen-bond donors (Lipinski definition) is 5. The molecule has 0 spiro atoms. The highest BCUT2D eigenvalue weighted by atomic mass is 32.2. The topological polar surface area (TPSA) is 163 Å². The maximum atomic E-state index is 15.9. The molecule has 5 rings (SSSR count). The van der Waals surface area contributed by atoms with Crippen LogP contribution in [0.1, 0.15) is 76.2 Å². The molecule has 1 aliphatic carbocycles. The van der Waals surface area contributed by atoms with Crippen molar-refractivity contribution in [2.45, 2.75) is 83.5 Å². The van der Waals surface area contributed by atoms with Crippen molar-refractivity contribution in [2.75, 3.05) is 21.6 Å². The van der Waals surface area contributed by atoms with Crippen LogP contribution in [0.15, 0.2) is 66.9 Å². The van der Waals surface area contributed by atoms with Gasteiger partial charge < -0.3 is 26.0 Å². The summed E-state index contributed by atoms with van der Waals surface area (Å²) in [7, 11) is -3.55. The van der Waals surface area contributed by atoms with E-state index in [9.17, 15) is 18.0 Å². The van der Waals surface area contributed by atoms with Gasteiger partial charge in [0.05, 0.1) is 46.5 Å². The van der Waals surface area contributed by atoms with E-state index >= 15 is 4.39 Å². The van der Waals surface area contributed by atoms with Crippen molar-refractivity contribution in [3.8, 4) is 0 Å². The summed E-state index contributed by atoms with van der Waals surface area (Å²) < 4.78 is 47.7. The molecule has 0 saturated heterocycles. The van der Waals surface area contributed by atoms with Crippen LogP contribution < -0.4 is 26.0 Å². The average molecular weight is 706 g/mol. The number of nitrogens with zero attached hydrogens (tertiary/aromatic N) is 2. The Kier molecular flexibility index (Phi) is 10.5. The van der Waals surface area contributed by atoms with Crippen molar-refractivity contribution in [3.05, 3.63) is 83.8 Å². The lowest BCUT2D eigenvalue weighted by Gasteiger charge is -2.34. The molecule has 1 saturated carbocycles. The van der Waals surface area contributed by atoms with Gasteiger partial charge >= 0.3 is 6.09 Å². The lowest BCUT2D eigenvalue weighted by Crippen LogP contribution is -2.50. The Hall–Kier alpha value is -4.98. The first-order valence-corrected chi connectivity index (χ1v) is 18.3. The Balaban J connectivity index is 1.49. The lowest BCUT2D eigenvalue weighted by atomic mass is 9.90. The van der Waals surface area contributed by atoms with E-state index in [0.29, 0.717) is 35.1 Å². The molecule has 266 valence electrons. The number of alkyl carbamates (subject to hydrolysis) is 1. The third-order valence-electron chi connectivity index (χ3n) is 8.20. The maximum absolute atomic E-state index is 15.9. The van der Waals surface area contributed by atoms with E-state index in [1.54, 1.807) is 45.0 Å². The Morgan fingerprint density at radius 3 is 2.30 bits per heavy atom. The van der Waals surface area contributed by atoms with Gasteiger partial charge in [-0.05, 0) is 71.2 Å². The molecule has 2 aromatic heterocycles. The first-order valence-electron chi connectivity index (χ1n) is 16.5. The number of sulfonamides is 1. The minimum absolute atomic E-state index is 0.0447. The number of rotatable bonds is 10. The van der Waals surface area contributed by atoms with Crippen molar-refractivity contribution in [2.24, 2.45) is 0 Å². The van der Waals surface area contributed by atoms with E-state index in [2.05, 4.69) is 36.0 Å². The molecule has 5 N–H and O–H groups in total. The molecular weight excluding hydrogens is 662 g/mol. The van der Waals surface area contributed by atoms with Gasteiger partial charge in [-0.3, -0.25) is 14.5 Å². The summed E-state index contributed by atoms with van der Waals surface area (Å²) in [5, 5.41) is 12.9. The standard InChI is InChI=1S/C36H44FN7O5S/c1-35(2,3)49-34(46)41-28-17-11-10-16-27(28)40-32-26(37)20-25(33(45)43-36(4,5)23-14-8-7-9-15-23)31(42-32)39-24-19-22-13-12-18-29(30(22)38-21-24)44-50(6,47)48/h7-9,12-15,18-21,27-28,44H,10-11,16-17H2,1-6H3,(H,41,46)(H,43,45)(H2,39,40,42)/t27-,28+/m1/s1. The number of halogens is 1. The zero-order valence-electron chi connectivity index (χ0n) is 29.1. The summed E-state index contributed by atoms with van der Waals surface area (Å²) in [5.74, 6) is -1.33. The van der Waals surface area contributed by atoms with Gasteiger partial charge in [0.25, 0.3) is 5.91 Å². The monoisotopic (exact) mass is 705 g/mol. The first-order chi connectivity index (χ1) is 23.5. The summed E-state index contributed by atoms with van der Waals surface area (Å²) in [5.41, 5.74) is 0.487. The van der Waals surface area contributed by atoms with Crippen LogP contribution in [0.3, 0.4) is 0 Å². The van der Waals surface area contributed by atoms with Crippen molar-refractivity contribution in [1.29, 1.82) is 0 Å². The van der Waals surface area contributed by atoms with Crippen LogP contribution in [0.4, 0.5) is 32.2 Å². The molecule has 1 aliphatic rings. The predicted molar refractivity (Wildman–Crippen MR) is 194 cm³/mol. The van der Waals surface area contributed by atoms with Gasteiger partial charge in [0.2, 0.25) is 10.0 Å². The van der Waals surface area contributed by atoms with E-state index in [1.165, 1.54) is 6.20 Å². The van der Waals surface area contributed by atoms with E-state index < -0.39 is 39.0 Å². The number of benzene rings is 2. The number of carbonyl (C=O) groups is 2. The number of fused-ring (bicyclic) bond motifs is 1. The highest BCUT2D eigenvalue weighted by molar-refractivity contribution is 7.92. The number of ether oxygens (including phenoxy) is 1. The number of nitrogens with one attached hydrogen (secondary N) is 5. The third kappa shape index (κ3) is 9.37. The number of anilines is 4. The zero-order chi connectivity index (χ0) is 36.3. The summed E-state index contributed by atoms with van der Waals surface area (Å²) in [4.78, 5) is 35.5. The van der Waals surface area contributed by atoms with Gasteiger partial charge in [0.15, 0.2) is 11.6 Å². The van der Waals surface area contributed by atoms with Crippen LogP contribution in [-0.2, 0) is 20.3 Å². The van der Waals surface area contributed by atoms with Crippen LogP contribution in [-0.4, -0.2) is 54.3 Å². The van der Waals surface area contributed by atoms with E-state index in [-0.39, 0.29) is 29.3 Å². The molecule has 2 atom stereocenters. The van der Waals surface area contributed by atoms with Crippen molar-refractivity contribution in [1.82, 2.24) is 20.6 Å². The SMILES string of the molecule is CC(C)(C)OC(=O)N[C@H]1CCCC[C@H]1Nc1nc(Nc2cnc3c(NS(C)(=O)=O)cccc3c2)c(C(=O)NC(C)(C)c2ccccc2)cc1F. The number of pyridine rings is 2. The van der Waals surface area contributed by atoms with Gasteiger partial charge in [0, 0.05) is 11.4 Å². The van der Waals surface area contributed by atoms with Crippen LogP contribution in [0.2, 0.25) is 0 Å². The van der Waals surface area contributed by atoms with Crippen LogP contribution in [0, 0.1) is 5.82 Å². The molecule has 2 aromatic carbocycles. The molecule has 12 nitrogen and oxygen atoms in total. The summed E-state index contributed by atoms with van der Waals surface area (Å²) in [6.45, 7) is 9.05. The molecule has 0 radical (unpaired) electrons. The average Bonchev–Trinajstić information content (AvgIpc) is 3.02. The van der Waals surface area contributed by atoms with Gasteiger partial charge in [-0.2, -0.15) is 0 Å². The molecule has 0 bridgehead atoms. The number of hydrogen-bond acceptors (Lipinski definition) is 9. The highest BCUT2D eigenvalue weighted by Crippen LogP contribution is 2.31. The molecule has 4 aromatic rings. The lowest BCUT2D eigenvalue weighted by molar-refractivity contribution is 0.0488. The number of carbonyl (C=O) groups excluding carboxylic acids is 2. The van der Waals surface area contributed by atoms with Crippen molar-refractivity contribution < 1.29 is 27.1 Å². The van der Waals surface area contributed by atoms with E-state index in [0.717, 1.165) is 30.7 Å². The fourth-order valence-electron chi connectivity index (χ4n) is 5.90. The smallest absolute Gasteiger partial charge is 0.407 e. The Bertz CT molecular complexity index is 1980. The second-order valence-electron chi connectivity index (χ2n) is 14.0. The quantitative estimate of drug-likeness (QED) is 0.119. The highest BCUT2D eigenvalue weighted by Gasteiger charge is 2.31.